The number of aryl methyl sites for hydroxylation is 2. The number of halogens is 1. The number of hydrogen-bond donors (Lipinski definition) is 0. The lowest BCUT2D eigenvalue weighted by molar-refractivity contribution is 0.302. The molecule has 2 heterocycles. The fraction of sp³-hybridized carbons (Fsp3) is 0.235. The molecule has 2 aromatic heterocycles. The van der Waals surface area contributed by atoms with Crippen molar-refractivity contribution in [2.75, 3.05) is 0 Å². The third-order valence-corrected chi connectivity index (χ3v) is 4.23. The lowest BCUT2D eigenvalue weighted by Gasteiger charge is -2.08. The van der Waals surface area contributed by atoms with Gasteiger partial charge in [-0.25, -0.2) is 0 Å². The average molecular weight is 301 g/mol. The number of hydrogen-bond acceptors (Lipinski definition) is 2. The minimum atomic E-state index is 0.440. The summed E-state index contributed by atoms with van der Waals surface area (Å²) in [5, 5.41) is 1.94. The van der Waals surface area contributed by atoms with Crippen molar-refractivity contribution in [3.63, 3.8) is 0 Å². The maximum Gasteiger partial charge on any atom is 0.132 e. The SMILES string of the molecule is Cc1c(C)n(C)c2c(COc3ccc(Cl)cc3)nccc12. The second-order valence-corrected chi connectivity index (χ2v) is 5.60. The predicted molar refractivity (Wildman–Crippen MR) is 86.0 cm³/mol. The molecule has 108 valence electrons. The monoisotopic (exact) mass is 300 g/mol. The first-order valence-corrected chi connectivity index (χ1v) is 7.23. The summed E-state index contributed by atoms with van der Waals surface area (Å²) in [6.07, 6.45) is 1.84. The Hall–Kier alpha value is -2.00. The molecule has 0 spiro atoms. The van der Waals surface area contributed by atoms with Crippen LogP contribution in [0.25, 0.3) is 10.9 Å². The Morgan fingerprint density at radius 2 is 1.86 bits per heavy atom. The van der Waals surface area contributed by atoms with E-state index in [2.05, 4.69) is 36.5 Å². The highest BCUT2D eigenvalue weighted by atomic mass is 35.5. The van der Waals surface area contributed by atoms with Gasteiger partial charge in [0.15, 0.2) is 0 Å². The second-order valence-electron chi connectivity index (χ2n) is 5.17. The van der Waals surface area contributed by atoms with Crippen molar-refractivity contribution < 1.29 is 4.74 Å². The Kier molecular flexibility index (Phi) is 3.60. The van der Waals surface area contributed by atoms with Crippen molar-refractivity contribution in [3.8, 4) is 5.75 Å². The van der Waals surface area contributed by atoms with Crippen LogP contribution in [0.3, 0.4) is 0 Å². The lowest BCUT2D eigenvalue weighted by Crippen LogP contribution is -2.02. The molecule has 0 N–H and O–H groups in total. The molecule has 0 aliphatic carbocycles. The highest BCUT2D eigenvalue weighted by Gasteiger charge is 2.13. The molecule has 4 heteroatoms. The van der Waals surface area contributed by atoms with Crippen LogP contribution in [0.15, 0.2) is 36.5 Å². The summed E-state index contributed by atoms with van der Waals surface area (Å²) in [7, 11) is 2.07. The molecule has 1 aromatic carbocycles. The molecule has 0 aliphatic rings. The molecule has 3 rings (SSSR count). The van der Waals surface area contributed by atoms with Crippen LogP contribution >= 0.6 is 11.6 Å². The largest absolute Gasteiger partial charge is 0.487 e. The van der Waals surface area contributed by atoms with E-state index >= 15 is 0 Å². The number of aromatic nitrogens is 2. The van der Waals surface area contributed by atoms with Gasteiger partial charge in [0.2, 0.25) is 0 Å². The summed E-state index contributed by atoms with van der Waals surface area (Å²) < 4.78 is 8.00. The van der Waals surface area contributed by atoms with E-state index in [9.17, 15) is 0 Å². The van der Waals surface area contributed by atoms with Crippen LogP contribution in [-0.2, 0) is 13.7 Å². The Bertz CT molecular complexity index is 791. The highest BCUT2D eigenvalue weighted by molar-refractivity contribution is 6.30. The molecular weight excluding hydrogens is 284 g/mol. The van der Waals surface area contributed by atoms with E-state index in [4.69, 9.17) is 16.3 Å². The molecule has 0 saturated heterocycles. The zero-order valence-electron chi connectivity index (χ0n) is 12.4. The predicted octanol–water partition coefficient (Wildman–Crippen LogP) is 4.42. The Labute approximate surface area is 129 Å². The molecule has 0 atom stereocenters. The summed E-state index contributed by atoms with van der Waals surface area (Å²) in [5.74, 6) is 0.792. The molecule has 0 radical (unpaired) electrons. The molecule has 0 fully saturated rings. The minimum Gasteiger partial charge on any atom is -0.487 e. The molecule has 0 amide bonds. The Morgan fingerprint density at radius 3 is 2.57 bits per heavy atom. The van der Waals surface area contributed by atoms with Gasteiger partial charge in [-0.2, -0.15) is 0 Å². The maximum absolute atomic E-state index is 5.88. The molecule has 3 aromatic rings. The zero-order valence-corrected chi connectivity index (χ0v) is 13.1. The van der Waals surface area contributed by atoms with E-state index in [-0.39, 0.29) is 0 Å². The van der Waals surface area contributed by atoms with E-state index in [0.29, 0.717) is 11.6 Å². The third kappa shape index (κ3) is 2.49. The van der Waals surface area contributed by atoms with Crippen LogP contribution < -0.4 is 4.74 Å². The van der Waals surface area contributed by atoms with Gasteiger partial charge in [-0.15, -0.1) is 0 Å². The summed E-state index contributed by atoms with van der Waals surface area (Å²) in [5.41, 5.74) is 4.64. The number of ether oxygens (including phenoxy) is 1. The first-order valence-electron chi connectivity index (χ1n) is 6.85. The summed E-state index contributed by atoms with van der Waals surface area (Å²) in [6.45, 7) is 4.70. The van der Waals surface area contributed by atoms with Crippen LogP contribution in [0.4, 0.5) is 0 Å². The Balaban J connectivity index is 1.94. The number of nitrogens with zero attached hydrogens (tertiary/aromatic N) is 2. The fourth-order valence-electron chi connectivity index (χ4n) is 2.58. The molecule has 3 nitrogen and oxygen atoms in total. The smallest absolute Gasteiger partial charge is 0.132 e. The zero-order chi connectivity index (χ0) is 15.0. The van der Waals surface area contributed by atoms with E-state index in [0.717, 1.165) is 17.0 Å². The van der Waals surface area contributed by atoms with Crippen LogP contribution in [0.2, 0.25) is 5.02 Å². The van der Waals surface area contributed by atoms with Crippen molar-refractivity contribution in [1.29, 1.82) is 0 Å². The van der Waals surface area contributed by atoms with Crippen molar-refractivity contribution in [3.05, 3.63) is 58.5 Å². The first-order chi connectivity index (χ1) is 10.1. The second kappa shape index (κ2) is 5.41. The molecule has 0 saturated carbocycles. The highest BCUT2D eigenvalue weighted by Crippen LogP contribution is 2.26. The number of benzene rings is 1. The van der Waals surface area contributed by atoms with Gasteiger partial charge in [0.1, 0.15) is 18.1 Å². The number of fused-ring (bicyclic) bond motifs is 1. The van der Waals surface area contributed by atoms with Crippen LogP contribution in [0.5, 0.6) is 5.75 Å². The van der Waals surface area contributed by atoms with Crippen molar-refractivity contribution >= 4 is 22.5 Å². The van der Waals surface area contributed by atoms with Crippen molar-refractivity contribution in [2.45, 2.75) is 20.5 Å². The van der Waals surface area contributed by atoms with Gasteiger partial charge < -0.3 is 9.30 Å². The van der Waals surface area contributed by atoms with Gasteiger partial charge in [-0.1, -0.05) is 11.6 Å². The quantitative estimate of drug-likeness (QED) is 0.716. The lowest BCUT2D eigenvalue weighted by atomic mass is 10.2. The minimum absolute atomic E-state index is 0.440. The number of pyridine rings is 1. The van der Waals surface area contributed by atoms with Gasteiger partial charge in [0, 0.05) is 29.3 Å². The molecule has 0 aliphatic heterocycles. The van der Waals surface area contributed by atoms with Gasteiger partial charge in [-0.3, -0.25) is 4.98 Å². The van der Waals surface area contributed by atoms with Crippen molar-refractivity contribution in [2.24, 2.45) is 7.05 Å². The molecular formula is C17H17ClN2O. The number of rotatable bonds is 3. The summed E-state index contributed by atoms with van der Waals surface area (Å²) >= 11 is 5.88. The van der Waals surface area contributed by atoms with Gasteiger partial charge in [0.25, 0.3) is 0 Å². The maximum atomic E-state index is 5.88. The van der Waals surface area contributed by atoms with Gasteiger partial charge in [-0.05, 0) is 49.7 Å². The Morgan fingerprint density at radius 1 is 1.14 bits per heavy atom. The summed E-state index contributed by atoms with van der Waals surface area (Å²) in [4.78, 5) is 4.48. The van der Waals surface area contributed by atoms with Gasteiger partial charge in [0.05, 0.1) is 5.52 Å². The van der Waals surface area contributed by atoms with Crippen LogP contribution in [0.1, 0.15) is 17.0 Å². The van der Waals surface area contributed by atoms with Crippen molar-refractivity contribution in [1.82, 2.24) is 9.55 Å². The van der Waals surface area contributed by atoms with E-state index in [1.165, 1.54) is 16.6 Å². The standard InChI is InChI=1S/C17H17ClN2O/c1-11-12(2)20(3)17-15(11)8-9-19-16(17)10-21-14-6-4-13(18)5-7-14/h4-9H,10H2,1-3H3. The van der Waals surface area contributed by atoms with E-state index in [1.807, 2.05) is 30.5 Å². The van der Waals surface area contributed by atoms with Crippen LogP contribution in [-0.4, -0.2) is 9.55 Å². The third-order valence-electron chi connectivity index (χ3n) is 3.97. The van der Waals surface area contributed by atoms with Crippen LogP contribution in [0, 0.1) is 13.8 Å². The fourth-order valence-corrected chi connectivity index (χ4v) is 2.70. The van der Waals surface area contributed by atoms with Gasteiger partial charge >= 0.3 is 0 Å². The normalized spacial score (nSPS) is 11.0. The first kappa shape index (κ1) is 14.0. The molecule has 21 heavy (non-hydrogen) atoms. The summed E-state index contributed by atoms with van der Waals surface area (Å²) in [6, 6.07) is 9.43. The average Bonchev–Trinajstić information content (AvgIpc) is 2.72. The molecule has 0 unspecified atom stereocenters. The topological polar surface area (TPSA) is 27.1 Å². The molecule has 0 bridgehead atoms. The van der Waals surface area contributed by atoms with E-state index < -0.39 is 0 Å². The van der Waals surface area contributed by atoms with E-state index in [1.54, 1.807) is 0 Å².